The number of nitrogens with zero attached hydrogens (tertiary/aromatic N) is 5. The largest absolute Gasteiger partial charge is 0.329 e. The van der Waals surface area contributed by atoms with E-state index in [1.165, 1.54) is 12.4 Å². The molecule has 0 spiro atoms. The van der Waals surface area contributed by atoms with Crippen LogP contribution < -0.4 is 5.32 Å². The summed E-state index contributed by atoms with van der Waals surface area (Å²) in [5, 5.41) is 3.24. The van der Waals surface area contributed by atoms with Crippen LogP contribution in [0.25, 0.3) is 0 Å². The number of hydrogen-bond acceptors (Lipinski definition) is 6. The second kappa shape index (κ2) is 7.49. The van der Waals surface area contributed by atoms with Crippen molar-refractivity contribution >= 4 is 17.5 Å². The summed E-state index contributed by atoms with van der Waals surface area (Å²) in [6, 6.07) is 11.5. The fourth-order valence-electron chi connectivity index (χ4n) is 3.32. The first-order valence-corrected chi connectivity index (χ1v) is 8.95. The van der Waals surface area contributed by atoms with E-state index in [0.717, 1.165) is 30.0 Å². The summed E-state index contributed by atoms with van der Waals surface area (Å²) in [5.41, 5.74) is 2.16. The van der Waals surface area contributed by atoms with Gasteiger partial charge in [-0.3, -0.25) is 9.78 Å². The summed E-state index contributed by atoms with van der Waals surface area (Å²) in [6.45, 7) is 2.64. The van der Waals surface area contributed by atoms with Crippen molar-refractivity contribution in [3.05, 3.63) is 72.1 Å². The molecule has 0 aromatic carbocycles. The lowest BCUT2D eigenvalue weighted by molar-refractivity contribution is 0.0726. The Hall–Kier alpha value is -3.35. The number of anilines is 2. The molecule has 27 heavy (non-hydrogen) atoms. The van der Waals surface area contributed by atoms with Crippen LogP contribution in [0.3, 0.4) is 0 Å². The molecule has 0 saturated carbocycles. The smallest absolute Gasteiger partial charge is 0.274 e. The lowest BCUT2D eigenvalue weighted by Gasteiger charge is -2.24. The third-order valence-electron chi connectivity index (χ3n) is 4.55. The third kappa shape index (κ3) is 3.76. The van der Waals surface area contributed by atoms with Gasteiger partial charge in [-0.1, -0.05) is 12.1 Å². The highest BCUT2D eigenvalue weighted by molar-refractivity contribution is 5.92. The number of hydrogen-bond donors (Lipinski definition) is 1. The van der Waals surface area contributed by atoms with E-state index in [1.807, 2.05) is 48.2 Å². The Kier molecular flexibility index (Phi) is 4.74. The van der Waals surface area contributed by atoms with Crippen LogP contribution in [0.15, 0.2) is 55.0 Å². The molecule has 1 amide bonds. The summed E-state index contributed by atoms with van der Waals surface area (Å²) in [6.07, 6.45) is 6.43. The van der Waals surface area contributed by atoms with Crippen LogP contribution in [-0.4, -0.2) is 37.3 Å². The summed E-state index contributed by atoms with van der Waals surface area (Å²) < 4.78 is 0. The van der Waals surface area contributed by atoms with Crippen LogP contribution in [0.5, 0.6) is 0 Å². The molecule has 1 aliphatic heterocycles. The van der Waals surface area contributed by atoms with Gasteiger partial charge in [0.15, 0.2) is 0 Å². The molecule has 1 aliphatic rings. The van der Waals surface area contributed by atoms with Gasteiger partial charge in [0.2, 0.25) is 0 Å². The molecule has 7 heteroatoms. The van der Waals surface area contributed by atoms with Gasteiger partial charge < -0.3 is 10.2 Å². The standard InChI is InChI=1S/C20H20N6O/c1-14-5-2-8-18(23-14)25-19-9-3-6-15(24-19)17-7-4-12-26(17)20(27)16-13-21-10-11-22-16/h2-3,5-6,8-11,13,17H,4,7,12H2,1H3,(H,23,24,25)/t17-/m0/s1. The first-order chi connectivity index (χ1) is 13.2. The number of likely N-dealkylation sites (tertiary alicyclic amines) is 1. The molecule has 0 radical (unpaired) electrons. The van der Waals surface area contributed by atoms with Crippen molar-refractivity contribution in [2.24, 2.45) is 0 Å². The fraction of sp³-hybridized carbons (Fsp3) is 0.250. The lowest BCUT2D eigenvalue weighted by atomic mass is 10.1. The van der Waals surface area contributed by atoms with Crippen molar-refractivity contribution in [3.8, 4) is 0 Å². The minimum absolute atomic E-state index is 0.0632. The van der Waals surface area contributed by atoms with Gasteiger partial charge in [-0.15, -0.1) is 0 Å². The van der Waals surface area contributed by atoms with E-state index in [0.29, 0.717) is 18.1 Å². The molecule has 1 atom stereocenters. The molecular formula is C20H20N6O. The number of pyridine rings is 2. The Morgan fingerprint density at radius 2 is 1.93 bits per heavy atom. The summed E-state index contributed by atoms with van der Waals surface area (Å²) in [7, 11) is 0. The number of carbonyl (C=O) groups excluding carboxylic acids is 1. The van der Waals surface area contributed by atoms with Gasteiger partial charge in [-0.2, -0.15) is 0 Å². The number of aryl methyl sites for hydroxylation is 1. The lowest BCUT2D eigenvalue weighted by Crippen LogP contribution is -2.31. The van der Waals surface area contributed by atoms with Crippen molar-refractivity contribution in [2.45, 2.75) is 25.8 Å². The highest BCUT2D eigenvalue weighted by atomic mass is 16.2. The molecule has 136 valence electrons. The Bertz CT molecular complexity index is 946. The number of nitrogens with one attached hydrogen (secondary N) is 1. The quantitative estimate of drug-likeness (QED) is 0.768. The number of aromatic nitrogens is 4. The Morgan fingerprint density at radius 3 is 2.70 bits per heavy atom. The fourth-order valence-corrected chi connectivity index (χ4v) is 3.32. The average molecular weight is 360 g/mol. The monoisotopic (exact) mass is 360 g/mol. The minimum atomic E-state index is -0.105. The van der Waals surface area contributed by atoms with Gasteiger partial charge in [0.25, 0.3) is 5.91 Å². The highest BCUT2D eigenvalue weighted by Crippen LogP contribution is 2.32. The maximum absolute atomic E-state index is 12.8. The third-order valence-corrected chi connectivity index (χ3v) is 4.55. The van der Waals surface area contributed by atoms with Crippen LogP contribution in [0.4, 0.5) is 11.6 Å². The van der Waals surface area contributed by atoms with E-state index >= 15 is 0 Å². The SMILES string of the molecule is Cc1cccc(Nc2cccc([C@@H]3CCCN3C(=O)c3cnccn3)n2)n1. The second-order valence-corrected chi connectivity index (χ2v) is 6.48. The van der Waals surface area contributed by atoms with Crippen molar-refractivity contribution in [3.63, 3.8) is 0 Å². The molecule has 0 unspecified atom stereocenters. The predicted octanol–water partition coefficient (Wildman–Crippen LogP) is 3.30. The first kappa shape index (κ1) is 17.1. The summed E-state index contributed by atoms with van der Waals surface area (Å²) in [5.74, 6) is 1.36. The Morgan fingerprint density at radius 1 is 1.11 bits per heavy atom. The van der Waals surface area contributed by atoms with Gasteiger partial charge in [-0.25, -0.2) is 15.0 Å². The van der Waals surface area contributed by atoms with Crippen molar-refractivity contribution < 1.29 is 4.79 Å². The maximum Gasteiger partial charge on any atom is 0.274 e. The zero-order valence-corrected chi connectivity index (χ0v) is 15.0. The average Bonchev–Trinajstić information content (AvgIpc) is 3.18. The molecule has 0 aliphatic carbocycles. The van der Waals surface area contributed by atoms with Gasteiger partial charge in [0, 0.05) is 24.6 Å². The topological polar surface area (TPSA) is 83.9 Å². The molecular weight excluding hydrogens is 340 g/mol. The molecule has 4 rings (SSSR count). The van der Waals surface area contributed by atoms with Crippen molar-refractivity contribution in [1.29, 1.82) is 0 Å². The van der Waals surface area contributed by atoms with Crippen molar-refractivity contribution in [1.82, 2.24) is 24.8 Å². The van der Waals surface area contributed by atoms with Crippen LogP contribution in [-0.2, 0) is 0 Å². The van der Waals surface area contributed by atoms with Crippen LogP contribution in [0.2, 0.25) is 0 Å². The molecule has 1 saturated heterocycles. The first-order valence-electron chi connectivity index (χ1n) is 8.95. The zero-order valence-electron chi connectivity index (χ0n) is 15.0. The number of rotatable bonds is 4. The van der Waals surface area contributed by atoms with E-state index in [1.54, 1.807) is 6.20 Å². The Balaban J connectivity index is 1.56. The van der Waals surface area contributed by atoms with Gasteiger partial charge in [0.1, 0.15) is 17.3 Å². The van der Waals surface area contributed by atoms with Crippen LogP contribution >= 0.6 is 0 Å². The molecule has 1 fully saturated rings. The van der Waals surface area contributed by atoms with E-state index in [9.17, 15) is 4.79 Å². The van der Waals surface area contributed by atoms with E-state index in [4.69, 9.17) is 4.98 Å². The summed E-state index contributed by atoms with van der Waals surface area (Å²) >= 11 is 0. The molecule has 0 bridgehead atoms. The molecule has 3 aromatic rings. The van der Waals surface area contributed by atoms with Crippen LogP contribution in [0.1, 0.15) is 40.8 Å². The van der Waals surface area contributed by atoms with Gasteiger partial charge in [-0.05, 0) is 44.0 Å². The maximum atomic E-state index is 12.8. The van der Waals surface area contributed by atoms with E-state index in [-0.39, 0.29) is 11.9 Å². The molecule has 1 N–H and O–H groups in total. The predicted molar refractivity (Wildman–Crippen MR) is 102 cm³/mol. The van der Waals surface area contributed by atoms with E-state index < -0.39 is 0 Å². The van der Waals surface area contributed by atoms with Gasteiger partial charge >= 0.3 is 0 Å². The van der Waals surface area contributed by atoms with E-state index in [2.05, 4.69) is 20.3 Å². The summed E-state index contributed by atoms with van der Waals surface area (Å²) in [4.78, 5) is 32.0. The molecule has 3 aromatic heterocycles. The van der Waals surface area contributed by atoms with Crippen LogP contribution in [0, 0.1) is 6.92 Å². The number of amides is 1. The normalized spacial score (nSPS) is 16.3. The zero-order chi connectivity index (χ0) is 18.6. The van der Waals surface area contributed by atoms with Gasteiger partial charge in [0.05, 0.1) is 17.9 Å². The van der Waals surface area contributed by atoms with Crippen molar-refractivity contribution in [2.75, 3.05) is 11.9 Å². The Labute approximate surface area is 157 Å². The highest BCUT2D eigenvalue weighted by Gasteiger charge is 2.32. The number of carbonyl (C=O) groups is 1. The second-order valence-electron chi connectivity index (χ2n) is 6.48. The minimum Gasteiger partial charge on any atom is -0.329 e. The molecule has 7 nitrogen and oxygen atoms in total. The molecule has 4 heterocycles.